The van der Waals surface area contributed by atoms with E-state index < -0.39 is 10.9 Å². The lowest BCUT2D eigenvalue weighted by molar-refractivity contribution is -0.384. The lowest BCUT2D eigenvalue weighted by atomic mass is 10.1. The molecule has 0 atom stereocenters. The molecule has 0 bridgehead atoms. The molecule has 9 nitrogen and oxygen atoms in total. The van der Waals surface area contributed by atoms with Crippen LogP contribution in [0, 0.1) is 10.1 Å². The van der Waals surface area contributed by atoms with E-state index in [2.05, 4.69) is 15.7 Å². The van der Waals surface area contributed by atoms with Crippen LogP contribution in [0.4, 0.5) is 17.1 Å². The molecule has 0 spiro atoms. The van der Waals surface area contributed by atoms with Crippen LogP contribution in [0.3, 0.4) is 0 Å². The standard InChI is InChI=1S/C19H17N5O4S/c1-28-18(25)17-5-3-2-4-13(17)11-23-12-15(10-20-23)22-19(29)21-14-6-8-16(9-7-14)24(26)27/h2-10,12H,11H2,1H3,(H2,21,22,29). The lowest BCUT2D eigenvalue weighted by Crippen LogP contribution is -2.18. The molecule has 10 heteroatoms. The molecule has 29 heavy (non-hydrogen) atoms. The second-order valence-corrected chi connectivity index (χ2v) is 6.37. The largest absolute Gasteiger partial charge is 0.465 e. The van der Waals surface area contributed by atoms with Crippen LogP contribution in [0.2, 0.25) is 0 Å². The zero-order valence-corrected chi connectivity index (χ0v) is 16.2. The van der Waals surface area contributed by atoms with Gasteiger partial charge in [-0.05, 0) is 36.0 Å². The number of nitrogens with one attached hydrogen (secondary N) is 2. The van der Waals surface area contributed by atoms with Crippen molar-refractivity contribution in [1.29, 1.82) is 0 Å². The highest BCUT2D eigenvalue weighted by Crippen LogP contribution is 2.17. The fourth-order valence-electron chi connectivity index (χ4n) is 2.62. The van der Waals surface area contributed by atoms with Crippen LogP contribution in [0.25, 0.3) is 0 Å². The second-order valence-electron chi connectivity index (χ2n) is 5.96. The van der Waals surface area contributed by atoms with Gasteiger partial charge in [-0.3, -0.25) is 14.8 Å². The Morgan fingerprint density at radius 1 is 1.17 bits per heavy atom. The molecule has 1 aromatic heterocycles. The Bertz CT molecular complexity index is 1050. The Labute approximate surface area is 171 Å². The van der Waals surface area contributed by atoms with Crippen LogP contribution in [0.15, 0.2) is 60.9 Å². The maximum Gasteiger partial charge on any atom is 0.338 e. The molecule has 0 aliphatic rings. The minimum Gasteiger partial charge on any atom is -0.465 e. The molecule has 0 saturated carbocycles. The number of carbonyl (C=O) groups excluding carboxylic acids is 1. The van der Waals surface area contributed by atoms with Crippen molar-refractivity contribution in [3.05, 3.63) is 82.2 Å². The number of non-ortho nitro benzene ring substituents is 1. The summed E-state index contributed by atoms with van der Waals surface area (Å²) >= 11 is 5.26. The van der Waals surface area contributed by atoms with Gasteiger partial charge in [0.05, 0.1) is 36.0 Å². The predicted octanol–water partition coefficient (Wildman–Crippen LogP) is 3.44. The molecular formula is C19H17N5O4S. The predicted molar refractivity (Wildman–Crippen MR) is 112 cm³/mol. The normalized spacial score (nSPS) is 10.2. The number of rotatable bonds is 6. The Kier molecular flexibility index (Phi) is 6.15. The number of methoxy groups -OCH3 is 1. The van der Waals surface area contributed by atoms with Crippen LogP contribution < -0.4 is 10.6 Å². The number of nitro benzene ring substituents is 1. The highest BCUT2D eigenvalue weighted by atomic mass is 32.1. The van der Waals surface area contributed by atoms with Gasteiger partial charge in [-0.2, -0.15) is 5.10 Å². The van der Waals surface area contributed by atoms with E-state index in [1.165, 1.54) is 19.2 Å². The van der Waals surface area contributed by atoms with E-state index in [1.54, 1.807) is 41.3 Å². The van der Waals surface area contributed by atoms with Crippen LogP contribution in [0.5, 0.6) is 0 Å². The van der Waals surface area contributed by atoms with Gasteiger partial charge in [0.1, 0.15) is 0 Å². The van der Waals surface area contributed by atoms with Gasteiger partial charge in [0, 0.05) is 24.0 Å². The summed E-state index contributed by atoms with van der Waals surface area (Å²) in [7, 11) is 1.34. The van der Waals surface area contributed by atoms with Gasteiger partial charge in [0.25, 0.3) is 5.69 Å². The SMILES string of the molecule is COC(=O)c1ccccc1Cn1cc(NC(=S)Nc2ccc([N+](=O)[O-])cc2)cn1. The van der Waals surface area contributed by atoms with Gasteiger partial charge in [0.15, 0.2) is 5.11 Å². The van der Waals surface area contributed by atoms with Crippen molar-refractivity contribution in [3.8, 4) is 0 Å². The number of anilines is 2. The van der Waals surface area contributed by atoms with E-state index in [0.717, 1.165) is 5.56 Å². The maximum absolute atomic E-state index is 11.9. The van der Waals surface area contributed by atoms with E-state index in [4.69, 9.17) is 17.0 Å². The third-order valence-corrected chi connectivity index (χ3v) is 4.19. The number of hydrogen-bond acceptors (Lipinski definition) is 6. The van der Waals surface area contributed by atoms with E-state index in [-0.39, 0.29) is 5.69 Å². The molecule has 148 valence electrons. The molecule has 3 aromatic rings. The minimum absolute atomic E-state index is 0.00272. The second kappa shape index (κ2) is 8.93. The van der Waals surface area contributed by atoms with Crippen molar-refractivity contribution in [2.24, 2.45) is 0 Å². The summed E-state index contributed by atoms with van der Waals surface area (Å²) in [5.41, 5.74) is 2.53. The summed E-state index contributed by atoms with van der Waals surface area (Å²) in [6, 6.07) is 13.1. The fourth-order valence-corrected chi connectivity index (χ4v) is 2.85. The number of hydrogen-bond donors (Lipinski definition) is 2. The number of esters is 1. The zero-order valence-electron chi connectivity index (χ0n) is 15.4. The third kappa shape index (κ3) is 5.14. The average Bonchev–Trinajstić information content (AvgIpc) is 3.14. The topological polar surface area (TPSA) is 111 Å². The first-order valence-corrected chi connectivity index (χ1v) is 8.88. The molecular weight excluding hydrogens is 394 g/mol. The highest BCUT2D eigenvalue weighted by Gasteiger charge is 2.12. The molecule has 0 unspecified atom stereocenters. The zero-order chi connectivity index (χ0) is 20.8. The quantitative estimate of drug-likeness (QED) is 0.275. The maximum atomic E-state index is 11.9. The monoisotopic (exact) mass is 411 g/mol. The molecule has 3 rings (SSSR count). The van der Waals surface area contributed by atoms with Crippen molar-refractivity contribution in [2.75, 3.05) is 17.7 Å². The lowest BCUT2D eigenvalue weighted by Gasteiger charge is -2.09. The number of thiocarbonyl (C=S) groups is 1. The van der Waals surface area contributed by atoms with Gasteiger partial charge in [-0.25, -0.2) is 4.79 Å². The summed E-state index contributed by atoms with van der Waals surface area (Å²) in [6.45, 7) is 0.384. The van der Waals surface area contributed by atoms with Crippen molar-refractivity contribution in [3.63, 3.8) is 0 Å². The molecule has 1 heterocycles. The molecule has 0 saturated heterocycles. The number of aromatic nitrogens is 2. The summed E-state index contributed by atoms with van der Waals surface area (Å²) < 4.78 is 6.47. The first kappa shape index (κ1) is 20.0. The molecule has 0 fully saturated rings. The van der Waals surface area contributed by atoms with E-state index in [0.29, 0.717) is 28.6 Å². The van der Waals surface area contributed by atoms with Crippen molar-refractivity contribution in [1.82, 2.24) is 9.78 Å². The first-order valence-electron chi connectivity index (χ1n) is 8.47. The van der Waals surface area contributed by atoms with E-state index in [9.17, 15) is 14.9 Å². The Balaban J connectivity index is 1.62. The molecule has 0 amide bonds. The number of benzene rings is 2. The van der Waals surface area contributed by atoms with Gasteiger partial charge >= 0.3 is 5.97 Å². The van der Waals surface area contributed by atoms with Crippen LogP contribution >= 0.6 is 12.2 Å². The van der Waals surface area contributed by atoms with Crippen LogP contribution in [0.1, 0.15) is 15.9 Å². The Hall–Kier alpha value is -3.79. The molecule has 2 N–H and O–H groups in total. The molecule has 0 radical (unpaired) electrons. The van der Waals surface area contributed by atoms with Gasteiger partial charge in [0.2, 0.25) is 0 Å². The van der Waals surface area contributed by atoms with Gasteiger partial charge in [-0.1, -0.05) is 18.2 Å². The number of nitro groups is 1. The Morgan fingerprint density at radius 2 is 1.86 bits per heavy atom. The van der Waals surface area contributed by atoms with Gasteiger partial charge < -0.3 is 15.4 Å². The minimum atomic E-state index is -0.465. The first-order chi connectivity index (χ1) is 14.0. The van der Waals surface area contributed by atoms with Crippen LogP contribution in [-0.2, 0) is 11.3 Å². The summed E-state index contributed by atoms with van der Waals surface area (Å²) in [6.07, 6.45) is 3.35. The Morgan fingerprint density at radius 3 is 2.55 bits per heavy atom. The van der Waals surface area contributed by atoms with Gasteiger partial charge in [-0.15, -0.1) is 0 Å². The smallest absolute Gasteiger partial charge is 0.338 e. The average molecular weight is 411 g/mol. The summed E-state index contributed by atoms with van der Waals surface area (Å²) in [4.78, 5) is 22.1. The fraction of sp³-hybridized carbons (Fsp3) is 0.105. The van der Waals surface area contributed by atoms with Crippen molar-refractivity contribution >= 4 is 40.4 Å². The summed E-state index contributed by atoms with van der Waals surface area (Å²) in [5, 5.41) is 21.2. The molecule has 0 aliphatic heterocycles. The molecule has 2 aromatic carbocycles. The van der Waals surface area contributed by atoms with E-state index in [1.807, 2.05) is 12.1 Å². The van der Waals surface area contributed by atoms with Crippen LogP contribution in [-0.4, -0.2) is 32.9 Å². The number of nitrogens with zero attached hydrogens (tertiary/aromatic N) is 3. The van der Waals surface area contributed by atoms with Crippen molar-refractivity contribution < 1.29 is 14.5 Å². The van der Waals surface area contributed by atoms with E-state index >= 15 is 0 Å². The number of ether oxygens (including phenoxy) is 1. The molecule has 0 aliphatic carbocycles. The van der Waals surface area contributed by atoms with Crippen molar-refractivity contribution in [2.45, 2.75) is 6.54 Å². The highest BCUT2D eigenvalue weighted by molar-refractivity contribution is 7.80. The number of carbonyl (C=O) groups is 1. The third-order valence-electron chi connectivity index (χ3n) is 3.98. The summed E-state index contributed by atoms with van der Waals surface area (Å²) in [5.74, 6) is -0.403.